The van der Waals surface area contributed by atoms with Crippen molar-refractivity contribution in [1.82, 2.24) is 15.6 Å². The molecule has 1 aromatic carbocycles. The van der Waals surface area contributed by atoms with Gasteiger partial charge in [0.2, 0.25) is 0 Å². The van der Waals surface area contributed by atoms with Crippen LogP contribution in [0.15, 0.2) is 42.6 Å². The lowest BCUT2D eigenvalue weighted by atomic mass is 10.1. The minimum Gasteiger partial charge on any atom is -0.352 e. The highest BCUT2D eigenvalue weighted by Crippen LogP contribution is 2.10. The Hall–Kier alpha value is -2.40. The summed E-state index contributed by atoms with van der Waals surface area (Å²) in [6, 6.07) is 10.6. The lowest BCUT2D eigenvalue weighted by molar-refractivity contribution is 0.0949. The maximum atomic E-state index is 12.2. The van der Waals surface area contributed by atoms with Crippen molar-refractivity contribution in [2.24, 2.45) is 0 Å². The Morgan fingerprint density at radius 1 is 1.08 bits per heavy atom. The van der Waals surface area contributed by atoms with Gasteiger partial charge >= 0.3 is 0 Å². The Bertz CT molecular complexity index is 719. The fraction of sp³-hybridized carbons (Fsp3) is 0.278. The number of amides is 2. The molecular weight excluding hydrogens is 326 g/mol. The number of carbonyl (C=O) groups excluding carboxylic acids is 2. The average molecular weight is 346 g/mol. The van der Waals surface area contributed by atoms with Crippen LogP contribution < -0.4 is 10.6 Å². The van der Waals surface area contributed by atoms with Crippen LogP contribution >= 0.6 is 11.6 Å². The number of pyridine rings is 1. The molecule has 0 aliphatic heterocycles. The van der Waals surface area contributed by atoms with E-state index in [4.69, 9.17) is 11.6 Å². The van der Waals surface area contributed by atoms with E-state index in [-0.39, 0.29) is 17.5 Å². The quantitative estimate of drug-likeness (QED) is 0.810. The van der Waals surface area contributed by atoms with Gasteiger partial charge in [-0.05, 0) is 42.7 Å². The van der Waals surface area contributed by atoms with E-state index < -0.39 is 0 Å². The lowest BCUT2D eigenvalue weighted by Gasteiger charge is -2.07. The molecule has 0 bridgehead atoms. The topological polar surface area (TPSA) is 71.1 Å². The van der Waals surface area contributed by atoms with Crippen LogP contribution in [0.4, 0.5) is 0 Å². The van der Waals surface area contributed by atoms with Crippen LogP contribution in [0, 0.1) is 0 Å². The first-order valence-corrected chi connectivity index (χ1v) is 8.25. The van der Waals surface area contributed by atoms with Crippen LogP contribution in [-0.2, 0) is 6.42 Å². The number of nitrogens with one attached hydrogen (secondary N) is 2. The maximum absolute atomic E-state index is 12.2. The van der Waals surface area contributed by atoms with Crippen molar-refractivity contribution in [2.75, 3.05) is 13.1 Å². The largest absolute Gasteiger partial charge is 0.352 e. The third-order valence-electron chi connectivity index (χ3n) is 3.38. The maximum Gasteiger partial charge on any atom is 0.269 e. The highest BCUT2D eigenvalue weighted by Gasteiger charge is 2.11. The first kappa shape index (κ1) is 17.9. The summed E-state index contributed by atoms with van der Waals surface area (Å²) in [6.45, 7) is 3.04. The van der Waals surface area contributed by atoms with Crippen molar-refractivity contribution in [1.29, 1.82) is 0 Å². The minimum absolute atomic E-state index is 0.202. The Balaban J connectivity index is 1.91. The lowest BCUT2D eigenvalue weighted by Crippen LogP contribution is -2.28. The van der Waals surface area contributed by atoms with E-state index in [9.17, 15) is 9.59 Å². The van der Waals surface area contributed by atoms with Gasteiger partial charge in [-0.25, -0.2) is 0 Å². The Morgan fingerprint density at radius 2 is 1.88 bits per heavy atom. The molecule has 0 aliphatic carbocycles. The van der Waals surface area contributed by atoms with E-state index in [1.807, 2.05) is 31.2 Å². The molecule has 5 nitrogen and oxygen atoms in total. The molecule has 126 valence electrons. The van der Waals surface area contributed by atoms with Crippen molar-refractivity contribution >= 4 is 23.4 Å². The number of rotatable bonds is 7. The van der Waals surface area contributed by atoms with Gasteiger partial charge in [-0.2, -0.15) is 0 Å². The number of benzene rings is 1. The summed E-state index contributed by atoms with van der Waals surface area (Å²) >= 11 is 5.93. The summed E-state index contributed by atoms with van der Waals surface area (Å²) in [6.07, 6.45) is 2.99. The van der Waals surface area contributed by atoms with Crippen molar-refractivity contribution < 1.29 is 9.59 Å². The molecule has 0 unspecified atom stereocenters. The van der Waals surface area contributed by atoms with Gasteiger partial charge in [0.15, 0.2) is 0 Å². The van der Waals surface area contributed by atoms with Crippen molar-refractivity contribution in [3.63, 3.8) is 0 Å². The Kier molecular flexibility index (Phi) is 6.75. The van der Waals surface area contributed by atoms with Gasteiger partial charge in [0, 0.05) is 29.9 Å². The predicted octanol–water partition coefficient (Wildman–Crippen LogP) is 2.85. The number of carbonyl (C=O) groups is 2. The molecule has 2 aromatic rings. The first-order valence-electron chi connectivity index (χ1n) is 7.87. The van der Waals surface area contributed by atoms with Gasteiger partial charge in [0.25, 0.3) is 11.8 Å². The van der Waals surface area contributed by atoms with E-state index >= 15 is 0 Å². The fourth-order valence-electron chi connectivity index (χ4n) is 2.14. The van der Waals surface area contributed by atoms with Crippen LogP contribution in [-0.4, -0.2) is 29.9 Å². The molecule has 2 rings (SSSR count). The third-order valence-corrected chi connectivity index (χ3v) is 3.61. The molecule has 0 radical (unpaired) electrons. The number of hydrogen-bond acceptors (Lipinski definition) is 3. The SMILES string of the molecule is CCCNC(=O)c1ccnc(C(=O)NCCc2cccc(Cl)c2)c1. The third kappa shape index (κ3) is 5.35. The minimum atomic E-state index is -0.304. The van der Waals surface area contributed by atoms with Crippen molar-refractivity contribution in [2.45, 2.75) is 19.8 Å². The molecule has 1 aromatic heterocycles. The zero-order valence-electron chi connectivity index (χ0n) is 13.5. The van der Waals surface area contributed by atoms with Crippen LogP contribution in [0.25, 0.3) is 0 Å². The summed E-state index contributed by atoms with van der Waals surface area (Å²) in [4.78, 5) is 28.1. The zero-order chi connectivity index (χ0) is 17.4. The van der Waals surface area contributed by atoms with E-state index in [0.717, 1.165) is 12.0 Å². The van der Waals surface area contributed by atoms with Gasteiger partial charge in [0.1, 0.15) is 5.69 Å². The molecule has 2 N–H and O–H groups in total. The fourth-order valence-corrected chi connectivity index (χ4v) is 2.35. The predicted molar refractivity (Wildman–Crippen MR) is 94.4 cm³/mol. The van der Waals surface area contributed by atoms with Gasteiger partial charge in [-0.1, -0.05) is 30.7 Å². The number of nitrogens with zero attached hydrogens (tertiary/aromatic N) is 1. The van der Waals surface area contributed by atoms with Crippen LogP contribution in [0.5, 0.6) is 0 Å². The van der Waals surface area contributed by atoms with E-state index in [0.29, 0.717) is 30.1 Å². The number of hydrogen-bond donors (Lipinski definition) is 2. The van der Waals surface area contributed by atoms with Crippen molar-refractivity contribution in [3.8, 4) is 0 Å². The summed E-state index contributed by atoms with van der Waals surface area (Å²) in [5.41, 5.74) is 1.70. The first-order chi connectivity index (χ1) is 11.6. The molecule has 0 aliphatic rings. The standard InChI is InChI=1S/C18H20ClN3O2/c1-2-8-21-17(23)14-7-10-20-16(12-14)18(24)22-9-6-13-4-3-5-15(19)11-13/h3-5,7,10-12H,2,6,8-9H2,1H3,(H,21,23)(H,22,24). The molecule has 1 heterocycles. The summed E-state index contributed by atoms with van der Waals surface area (Å²) in [7, 11) is 0. The molecule has 0 saturated carbocycles. The number of halogens is 1. The summed E-state index contributed by atoms with van der Waals surface area (Å²) in [5.74, 6) is -0.505. The van der Waals surface area contributed by atoms with Crippen LogP contribution in [0.3, 0.4) is 0 Å². The normalized spacial score (nSPS) is 10.2. The molecule has 0 fully saturated rings. The van der Waals surface area contributed by atoms with E-state index in [2.05, 4.69) is 15.6 Å². The average Bonchev–Trinajstić information content (AvgIpc) is 2.59. The van der Waals surface area contributed by atoms with Crippen LogP contribution in [0.1, 0.15) is 39.8 Å². The second kappa shape index (κ2) is 9.03. The molecule has 0 spiro atoms. The van der Waals surface area contributed by atoms with E-state index in [1.54, 1.807) is 6.07 Å². The zero-order valence-corrected chi connectivity index (χ0v) is 14.3. The number of aromatic nitrogens is 1. The van der Waals surface area contributed by atoms with Gasteiger partial charge in [-0.3, -0.25) is 14.6 Å². The molecule has 2 amide bonds. The smallest absolute Gasteiger partial charge is 0.269 e. The Morgan fingerprint density at radius 3 is 2.62 bits per heavy atom. The molecule has 0 atom stereocenters. The van der Waals surface area contributed by atoms with Gasteiger partial charge in [0.05, 0.1) is 0 Å². The van der Waals surface area contributed by atoms with E-state index in [1.165, 1.54) is 12.3 Å². The van der Waals surface area contributed by atoms with Crippen LogP contribution in [0.2, 0.25) is 5.02 Å². The van der Waals surface area contributed by atoms with Crippen molar-refractivity contribution in [3.05, 3.63) is 64.4 Å². The highest BCUT2D eigenvalue weighted by molar-refractivity contribution is 6.30. The van der Waals surface area contributed by atoms with Gasteiger partial charge < -0.3 is 10.6 Å². The van der Waals surface area contributed by atoms with Gasteiger partial charge in [-0.15, -0.1) is 0 Å². The second-order valence-corrected chi connectivity index (χ2v) is 5.76. The molecule has 0 saturated heterocycles. The Labute approximate surface area is 146 Å². The summed E-state index contributed by atoms with van der Waals surface area (Å²) < 4.78 is 0. The highest BCUT2D eigenvalue weighted by atomic mass is 35.5. The molecule has 24 heavy (non-hydrogen) atoms. The summed E-state index contributed by atoms with van der Waals surface area (Å²) in [5, 5.41) is 6.25. The monoisotopic (exact) mass is 345 g/mol. The molecular formula is C18H20ClN3O2. The second-order valence-electron chi connectivity index (χ2n) is 5.32. The molecule has 6 heteroatoms.